The molecule has 1 aliphatic rings. The zero-order valence-corrected chi connectivity index (χ0v) is 11.0. The number of thiocarbonyl (C=S) groups is 1. The normalized spacial score (nSPS) is 17.4. The zero-order valence-electron chi connectivity index (χ0n) is 9.34. The van der Waals surface area contributed by atoms with Gasteiger partial charge in [0.25, 0.3) is 5.91 Å². The van der Waals surface area contributed by atoms with E-state index in [2.05, 4.69) is 23.5 Å². The molecule has 0 aliphatic carbocycles. The summed E-state index contributed by atoms with van der Waals surface area (Å²) in [6.07, 6.45) is 1.89. The Kier molecular flexibility index (Phi) is 2.89. The maximum atomic E-state index is 11.6. The van der Waals surface area contributed by atoms with Crippen LogP contribution < -0.4 is 5.32 Å². The number of amides is 1. The van der Waals surface area contributed by atoms with Crippen molar-refractivity contribution in [1.29, 1.82) is 0 Å². The van der Waals surface area contributed by atoms with Crippen LogP contribution in [0.1, 0.15) is 5.56 Å². The Labute approximate surface area is 114 Å². The van der Waals surface area contributed by atoms with Gasteiger partial charge < -0.3 is 5.32 Å². The smallest absolute Gasteiger partial charge is 0.263 e. The Balaban J connectivity index is 2.13. The number of carbonyl (C=O) groups is 1. The van der Waals surface area contributed by atoms with Crippen LogP contribution in [0.5, 0.6) is 0 Å². The van der Waals surface area contributed by atoms with E-state index in [1.807, 2.05) is 30.3 Å². The molecule has 1 saturated heterocycles. The molecule has 2 aromatic carbocycles. The zero-order chi connectivity index (χ0) is 12.5. The molecule has 1 fully saturated rings. The van der Waals surface area contributed by atoms with Crippen molar-refractivity contribution in [3.05, 3.63) is 52.9 Å². The molecule has 0 saturated carbocycles. The summed E-state index contributed by atoms with van der Waals surface area (Å²) in [4.78, 5) is 12.3. The summed E-state index contributed by atoms with van der Waals surface area (Å²) in [6.45, 7) is 0. The molecule has 1 heterocycles. The van der Waals surface area contributed by atoms with Gasteiger partial charge in [-0.2, -0.15) is 0 Å². The Morgan fingerprint density at radius 1 is 1.11 bits per heavy atom. The van der Waals surface area contributed by atoms with Crippen LogP contribution in [0, 0.1) is 0 Å². The molecule has 0 radical (unpaired) electrons. The molecule has 1 amide bonds. The highest BCUT2D eigenvalue weighted by Crippen LogP contribution is 2.28. The van der Waals surface area contributed by atoms with Crippen LogP contribution in [0.4, 0.5) is 0 Å². The van der Waals surface area contributed by atoms with Gasteiger partial charge in [0, 0.05) is 0 Å². The Morgan fingerprint density at radius 3 is 2.67 bits per heavy atom. The van der Waals surface area contributed by atoms with Gasteiger partial charge in [0.05, 0.1) is 4.91 Å². The molecule has 0 spiro atoms. The third kappa shape index (κ3) is 2.05. The predicted molar refractivity (Wildman–Crippen MR) is 80.3 cm³/mol. The van der Waals surface area contributed by atoms with E-state index in [4.69, 9.17) is 12.2 Å². The Morgan fingerprint density at radius 2 is 1.89 bits per heavy atom. The van der Waals surface area contributed by atoms with Gasteiger partial charge in [-0.05, 0) is 22.4 Å². The standard InChI is InChI=1S/C14H9NOS2/c16-13-12(18-14(17)15-13)8-10-6-3-5-9-4-1-2-7-11(9)10/h1-8H,(H,15,16,17)/b12-8-. The highest BCUT2D eigenvalue weighted by Gasteiger charge is 2.22. The third-order valence-corrected chi connectivity index (χ3v) is 3.91. The molecule has 0 aromatic heterocycles. The van der Waals surface area contributed by atoms with Crippen LogP contribution >= 0.6 is 24.0 Å². The summed E-state index contributed by atoms with van der Waals surface area (Å²) in [7, 11) is 0. The first-order chi connectivity index (χ1) is 8.74. The maximum Gasteiger partial charge on any atom is 0.263 e. The molecule has 2 nitrogen and oxygen atoms in total. The number of nitrogens with one attached hydrogen (secondary N) is 1. The fraction of sp³-hybridized carbons (Fsp3) is 0. The minimum Gasteiger partial charge on any atom is -0.307 e. The minimum atomic E-state index is -0.113. The molecule has 0 atom stereocenters. The predicted octanol–water partition coefficient (Wildman–Crippen LogP) is 3.33. The average molecular weight is 271 g/mol. The topological polar surface area (TPSA) is 29.1 Å². The number of fused-ring (bicyclic) bond motifs is 1. The van der Waals surface area contributed by atoms with Gasteiger partial charge in [-0.15, -0.1) is 0 Å². The first-order valence-electron chi connectivity index (χ1n) is 5.47. The van der Waals surface area contributed by atoms with Gasteiger partial charge in [0.2, 0.25) is 0 Å². The molecule has 1 N–H and O–H groups in total. The lowest BCUT2D eigenvalue weighted by molar-refractivity contribution is -0.115. The van der Waals surface area contributed by atoms with Crippen LogP contribution in [0.25, 0.3) is 16.8 Å². The van der Waals surface area contributed by atoms with Gasteiger partial charge >= 0.3 is 0 Å². The van der Waals surface area contributed by atoms with E-state index in [9.17, 15) is 4.79 Å². The third-order valence-electron chi connectivity index (χ3n) is 2.75. The van der Waals surface area contributed by atoms with Gasteiger partial charge in [-0.1, -0.05) is 66.4 Å². The van der Waals surface area contributed by atoms with Crippen LogP contribution in [0.2, 0.25) is 0 Å². The molecule has 0 bridgehead atoms. The summed E-state index contributed by atoms with van der Waals surface area (Å²) in [5.74, 6) is -0.113. The summed E-state index contributed by atoms with van der Waals surface area (Å²) in [6, 6.07) is 14.2. The van der Waals surface area contributed by atoms with E-state index in [1.165, 1.54) is 11.8 Å². The SMILES string of the molecule is O=C1NC(=S)S/C1=C\c1cccc2ccccc12. The molecular formula is C14H9NOS2. The van der Waals surface area contributed by atoms with Crippen molar-refractivity contribution in [3.63, 3.8) is 0 Å². The van der Waals surface area contributed by atoms with E-state index >= 15 is 0 Å². The van der Waals surface area contributed by atoms with Crippen LogP contribution in [-0.4, -0.2) is 10.2 Å². The molecule has 4 heteroatoms. The second-order valence-corrected chi connectivity index (χ2v) is 5.64. The lowest BCUT2D eigenvalue weighted by atomic mass is 10.0. The van der Waals surface area contributed by atoms with Crippen molar-refractivity contribution in [1.82, 2.24) is 5.32 Å². The van der Waals surface area contributed by atoms with Gasteiger partial charge in [0.15, 0.2) is 0 Å². The molecule has 88 valence electrons. The van der Waals surface area contributed by atoms with Crippen LogP contribution in [-0.2, 0) is 4.79 Å². The second-order valence-electron chi connectivity index (χ2n) is 3.92. The molecule has 0 unspecified atom stereocenters. The van der Waals surface area contributed by atoms with Gasteiger partial charge in [-0.25, -0.2) is 0 Å². The highest BCUT2D eigenvalue weighted by atomic mass is 32.2. The van der Waals surface area contributed by atoms with Crippen LogP contribution in [0.15, 0.2) is 47.4 Å². The van der Waals surface area contributed by atoms with Crippen LogP contribution in [0.3, 0.4) is 0 Å². The molecular weight excluding hydrogens is 262 g/mol. The number of benzene rings is 2. The summed E-state index contributed by atoms with van der Waals surface area (Å²) >= 11 is 6.28. The van der Waals surface area contributed by atoms with E-state index in [0.717, 1.165) is 16.3 Å². The van der Waals surface area contributed by atoms with Crippen molar-refractivity contribution >= 4 is 51.1 Å². The monoisotopic (exact) mass is 271 g/mol. The summed E-state index contributed by atoms with van der Waals surface area (Å²) in [5, 5.41) is 4.92. The molecule has 18 heavy (non-hydrogen) atoms. The largest absolute Gasteiger partial charge is 0.307 e. The van der Waals surface area contributed by atoms with Gasteiger partial charge in [-0.3, -0.25) is 4.79 Å². The Bertz CT molecular complexity index is 686. The number of carbonyl (C=O) groups excluding carboxylic acids is 1. The summed E-state index contributed by atoms with van der Waals surface area (Å²) < 4.78 is 0.520. The average Bonchev–Trinajstić information content (AvgIpc) is 2.68. The number of hydrogen-bond donors (Lipinski definition) is 1. The lowest BCUT2D eigenvalue weighted by Gasteiger charge is -2.02. The van der Waals surface area contributed by atoms with Crippen molar-refractivity contribution in [3.8, 4) is 0 Å². The van der Waals surface area contributed by atoms with Crippen molar-refractivity contribution in [2.45, 2.75) is 0 Å². The molecule has 3 rings (SSSR count). The van der Waals surface area contributed by atoms with Gasteiger partial charge in [0.1, 0.15) is 4.32 Å². The second kappa shape index (κ2) is 4.55. The van der Waals surface area contributed by atoms with Crippen molar-refractivity contribution < 1.29 is 4.79 Å². The Hall–Kier alpha value is -1.65. The van der Waals surface area contributed by atoms with E-state index in [0.29, 0.717) is 9.23 Å². The lowest BCUT2D eigenvalue weighted by Crippen LogP contribution is -2.17. The maximum absolute atomic E-state index is 11.6. The minimum absolute atomic E-state index is 0.113. The number of thioether (sulfide) groups is 1. The van der Waals surface area contributed by atoms with E-state index < -0.39 is 0 Å². The molecule has 2 aromatic rings. The number of hydrogen-bond acceptors (Lipinski definition) is 3. The quantitative estimate of drug-likeness (QED) is 0.637. The first-order valence-corrected chi connectivity index (χ1v) is 6.69. The molecule has 1 aliphatic heterocycles. The van der Waals surface area contributed by atoms with Crippen molar-refractivity contribution in [2.24, 2.45) is 0 Å². The fourth-order valence-corrected chi connectivity index (χ4v) is 2.97. The highest BCUT2D eigenvalue weighted by molar-refractivity contribution is 8.26. The number of rotatable bonds is 1. The van der Waals surface area contributed by atoms with E-state index in [1.54, 1.807) is 0 Å². The van der Waals surface area contributed by atoms with E-state index in [-0.39, 0.29) is 5.91 Å². The fourth-order valence-electron chi connectivity index (χ4n) is 1.94. The van der Waals surface area contributed by atoms with Crippen molar-refractivity contribution in [2.75, 3.05) is 0 Å². The summed E-state index contributed by atoms with van der Waals surface area (Å²) in [5.41, 5.74) is 1.04. The first kappa shape index (κ1) is 11.4.